The van der Waals surface area contributed by atoms with Crippen LogP contribution in [-0.2, 0) is 6.54 Å². The molecule has 2 heterocycles. The molecule has 0 saturated carbocycles. The molecule has 3 atom stereocenters. The van der Waals surface area contributed by atoms with Crippen LogP contribution >= 0.6 is 0 Å². The van der Waals surface area contributed by atoms with Gasteiger partial charge in [-0.2, -0.15) is 0 Å². The third kappa shape index (κ3) is 1.73. The minimum absolute atomic E-state index is 0.904. The van der Waals surface area contributed by atoms with Crippen LogP contribution in [0.5, 0.6) is 0 Å². The Kier molecular flexibility index (Phi) is 2.39. The van der Waals surface area contributed by atoms with Crippen LogP contribution in [0.25, 0.3) is 10.8 Å². The number of benzene rings is 2. The van der Waals surface area contributed by atoms with Crippen molar-refractivity contribution in [2.75, 3.05) is 13.1 Å². The average Bonchev–Trinajstić information content (AvgIpc) is 3.01. The first-order valence-corrected chi connectivity index (χ1v) is 7.04. The van der Waals surface area contributed by atoms with Crippen LogP contribution in [0.4, 0.5) is 0 Å². The minimum Gasteiger partial charge on any atom is -0.334 e. The Bertz CT molecular complexity index is 578. The fourth-order valence-electron chi connectivity index (χ4n) is 3.75. The van der Waals surface area contributed by atoms with Crippen molar-refractivity contribution in [2.45, 2.75) is 25.0 Å². The molecule has 0 amide bonds. The Labute approximate surface area is 108 Å². The van der Waals surface area contributed by atoms with Gasteiger partial charge < -0.3 is 10.2 Å². The molecule has 0 radical (unpaired) electrons. The van der Waals surface area contributed by atoms with Gasteiger partial charge in [0.05, 0.1) is 6.42 Å². The van der Waals surface area contributed by atoms with Crippen LogP contribution in [0.2, 0.25) is 0 Å². The molecular weight excluding hydrogens is 220 g/mol. The number of nitrogens with two attached hydrogens (primary N) is 1. The average molecular weight is 240 g/mol. The van der Waals surface area contributed by atoms with Crippen LogP contribution < -0.4 is 10.2 Å². The van der Waals surface area contributed by atoms with E-state index in [1.165, 1.54) is 42.4 Å². The van der Waals surface area contributed by atoms with Gasteiger partial charge in [-0.15, -0.1) is 0 Å². The van der Waals surface area contributed by atoms with E-state index in [1.807, 2.05) is 0 Å². The third-order valence-corrected chi connectivity index (χ3v) is 4.69. The largest absolute Gasteiger partial charge is 0.334 e. The summed E-state index contributed by atoms with van der Waals surface area (Å²) in [5.74, 6) is 0. The lowest BCUT2D eigenvalue weighted by atomic mass is 10.1. The molecule has 0 aliphatic carbocycles. The number of rotatable bonds is 2. The maximum absolute atomic E-state index is 2.54. The molecule has 2 heteroatoms. The topological polar surface area (TPSA) is 21.1 Å². The molecular formula is C16H20N2+2. The number of piperazine rings is 1. The zero-order chi connectivity index (χ0) is 11.9. The standard InChI is InChI=1S/C16H18N2/c1-2-4-14-7-12(5-6-13(14)3-1)10-18-11-15-8-16(18)9-17-15/h1-7,15-17H,8-11H2/p+2/t15-,16-/m1/s1. The fraction of sp³-hybridized carbons (Fsp3) is 0.375. The fourth-order valence-corrected chi connectivity index (χ4v) is 3.75. The summed E-state index contributed by atoms with van der Waals surface area (Å²) in [6.45, 7) is 3.91. The third-order valence-electron chi connectivity index (χ3n) is 4.69. The number of fused-ring (bicyclic) bond motifs is 3. The van der Waals surface area contributed by atoms with Crippen LogP contribution in [0.1, 0.15) is 12.0 Å². The lowest BCUT2D eigenvalue weighted by molar-refractivity contribution is -0.963. The van der Waals surface area contributed by atoms with Gasteiger partial charge in [0.1, 0.15) is 31.7 Å². The number of nitrogens with one attached hydrogen (secondary N) is 1. The van der Waals surface area contributed by atoms with Gasteiger partial charge in [0.2, 0.25) is 0 Å². The normalized spacial score (nSPS) is 30.1. The smallest absolute Gasteiger partial charge is 0.143 e. The zero-order valence-corrected chi connectivity index (χ0v) is 10.6. The predicted octanol–water partition coefficient (Wildman–Crippen LogP) is -0.0574. The molecule has 2 aromatic carbocycles. The van der Waals surface area contributed by atoms with E-state index in [2.05, 4.69) is 47.8 Å². The second kappa shape index (κ2) is 4.08. The molecule has 2 nitrogen and oxygen atoms in total. The van der Waals surface area contributed by atoms with Gasteiger partial charge in [0, 0.05) is 5.56 Å². The van der Waals surface area contributed by atoms with E-state index < -0.39 is 0 Å². The van der Waals surface area contributed by atoms with Gasteiger partial charge in [0.25, 0.3) is 0 Å². The Morgan fingerprint density at radius 1 is 1.11 bits per heavy atom. The molecule has 0 spiro atoms. The molecule has 3 N–H and O–H groups in total. The quantitative estimate of drug-likeness (QED) is 0.734. The molecule has 2 aromatic rings. The van der Waals surface area contributed by atoms with E-state index in [0.29, 0.717) is 0 Å². The first-order chi connectivity index (χ1) is 8.88. The maximum atomic E-state index is 2.54. The minimum atomic E-state index is 0.904. The van der Waals surface area contributed by atoms with Gasteiger partial charge in [-0.3, -0.25) is 0 Å². The second-order valence-corrected chi connectivity index (χ2v) is 5.88. The highest BCUT2D eigenvalue weighted by atomic mass is 15.3. The van der Waals surface area contributed by atoms with Crippen molar-refractivity contribution < 1.29 is 10.2 Å². The first-order valence-electron chi connectivity index (χ1n) is 7.04. The lowest BCUT2D eigenvalue weighted by Crippen LogP contribution is -3.19. The van der Waals surface area contributed by atoms with Gasteiger partial charge in [-0.05, 0) is 16.8 Å². The maximum Gasteiger partial charge on any atom is 0.143 e. The Hall–Kier alpha value is -1.38. The highest BCUT2D eigenvalue weighted by Crippen LogP contribution is 2.15. The van der Waals surface area contributed by atoms with Crippen molar-refractivity contribution in [3.63, 3.8) is 0 Å². The van der Waals surface area contributed by atoms with E-state index in [1.54, 1.807) is 4.90 Å². The molecule has 2 aliphatic rings. The summed E-state index contributed by atoms with van der Waals surface area (Å²) < 4.78 is 0. The number of quaternary nitrogens is 2. The van der Waals surface area contributed by atoms with E-state index in [4.69, 9.17) is 0 Å². The molecule has 2 saturated heterocycles. The van der Waals surface area contributed by atoms with Crippen molar-refractivity contribution in [1.29, 1.82) is 0 Å². The number of hydrogen-bond donors (Lipinski definition) is 2. The van der Waals surface area contributed by atoms with Crippen LogP contribution in [-0.4, -0.2) is 25.2 Å². The lowest BCUT2D eigenvalue weighted by Gasteiger charge is -2.22. The molecule has 4 rings (SSSR count). The van der Waals surface area contributed by atoms with Crippen molar-refractivity contribution in [1.82, 2.24) is 0 Å². The monoisotopic (exact) mass is 240 g/mol. The summed E-state index contributed by atoms with van der Waals surface area (Å²) in [5, 5.41) is 5.27. The van der Waals surface area contributed by atoms with Crippen molar-refractivity contribution in [2.24, 2.45) is 0 Å². The summed E-state index contributed by atoms with van der Waals surface area (Å²) in [7, 11) is 0. The van der Waals surface area contributed by atoms with Crippen molar-refractivity contribution in [3.8, 4) is 0 Å². The van der Waals surface area contributed by atoms with Gasteiger partial charge in [-0.25, -0.2) is 0 Å². The SMILES string of the molecule is c1ccc2cc(C[NH+]3C[C@H]4C[C@@H]3C[NH2+]4)ccc2c1. The molecule has 0 aromatic heterocycles. The molecule has 1 unspecified atom stereocenters. The highest BCUT2D eigenvalue weighted by molar-refractivity contribution is 5.82. The molecule has 2 fully saturated rings. The van der Waals surface area contributed by atoms with Gasteiger partial charge in [0.15, 0.2) is 0 Å². The number of hydrogen-bond acceptors (Lipinski definition) is 0. The van der Waals surface area contributed by atoms with Gasteiger partial charge in [-0.1, -0.05) is 36.4 Å². The van der Waals surface area contributed by atoms with E-state index in [-0.39, 0.29) is 0 Å². The highest BCUT2D eigenvalue weighted by Gasteiger charge is 2.45. The first kappa shape index (κ1) is 10.5. The van der Waals surface area contributed by atoms with Gasteiger partial charge >= 0.3 is 0 Å². The Morgan fingerprint density at radius 3 is 2.78 bits per heavy atom. The summed E-state index contributed by atoms with van der Waals surface area (Å²) in [5.41, 5.74) is 1.50. The number of likely N-dealkylation sites (tertiary alicyclic amines) is 1. The summed E-state index contributed by atoms with van der Waals surface area (Å²) in [6.07, 6.45) is 1.43. The summed E-state index contributed by atoms with van der Waals surface area (Å²) in [4.78, 5) is 1.80. The van der Waals surface area contributed by atoms with Crippen LogP contribution in [0.15, 0.2) is 42.5 Å². The zero-order valence-electron chi connectivity index (χ0n) is 10.6. The predicted molar refractivity (Wildman–Crippen MR) is 72.5 cm³/mol. The van der Waals surface area contributed by atoms with Crippen molar-refractivity contribution >= 4 is 10.8 Å². The van der Waals surface area contributed by atoms with Crippen molar-refractivity contribution in [3.05, 3.63) is 48.0 Å². The van der Waals surface area contributed by atoms with Crippen LogP contribution in [0.3, 0.4) is 0 Å². The van der Waals surface area contributed by atoms with Crippen LogP contribution in [0, 0.1) is 0 Å². The molecule has 92 valence electrons. The summed E-state index contributed by atoms with van der Waals surface area (Å²) >= 11 is 0. The summed E-state index contributed by atoms with van der Waals surface area (Å²) in [6, 6.07) is 17.4. The Balaban J connectivity index is 1.59. The molecule has 2 bridgehead atoms. The van der Waals surface area contributed by atoms with E-state index in [9.17, 15) is 0 Å². The Morgan fingerprint density at radius 2 is 2.00 bits per heavy atom. The van der Waals surface area contributed by atoms with E-state index >= 15 is 0 Å². The molecule has 18 heavy (non-hydrogen) atoms. The van der Waals surface area contributed by atoms with E-state index in [0.717, 1.165) is 12.1 Å². The second-order valence-electron chi connectivity index (χ2n) is 5.88. The molecule has 2 aliphatic heterocycles.